The van der Waals surface area contributed by atoms with Crippen LogP contribution in [0.1, 0.15) is 26.3 Å². The Balaban J connectivity index is 1.75. The van der Waals surface area contributed by atoms with Crippen LogP contribution in [-0.2, 0) is 10.0 Å². The molecule has 0 amide bonds. The van der Waals surface area contributed by atoms with Gasteiger partial charge in [0.25, 0.3) is 0 Å². The SMILES string of the molecule is Cc1ccc(N2C(C)CN(c3ccc(S(N)(=O)=O)c4ccccc34)CC2(C)C)cc1. The Labute approximate surface area is 179 Å². The van der Waals surface area contributed by atoms with Crippen LogP contribution in [0.2, 0.25) is 0 Å². The molecule has 1 atom stereocenters. The van der Waals surface area contributed by atoms with E-state index in [4.69, 9.17) is 5.14 Å². The molecule has 0 radical (unpaired) electrons. The number of nitrogens with two attached hydrogens (primary N) is 1. The number of piperazine rings is 1. The fourth-order valence-electron chi connectivity index (χ4n) is 4.88. The lowest BCUT2D eigenvalue weighted by Gasteiger charge is -2.53. The molecular formula is C24H29N3O2S. The van der Waals surface area contributed by atoms with E-state index in [1.807, 2.05) is 30.3 Å². The Kier molecular flexibility index (Phi) is 5.03. The van der Waals surface area contributed by atoms with Gasteiger partial charge in [-0.25, -0.2) is 13.6 Å². The Morgan fingerprint density at radius 1 is 0.967 bits per heavy atom. The first kappa shape index (κ1) is 20.7. The van der Waals surface area contributed by atoms with Gasteiger partial charge in [0.1, 0.15) is 0 Å². The summed E-state index contributed by atoms with van der Waals surface area (Å²) in [6.45, 7) is 10.5. The van der Waals surface area contributed by atoms with Gasteiger partial charge >= 0.3 is 0 Å². The summed E-state index contributed by atoms with van der Waals surface area (Å²) >= 11 is 0. The van der Waals surface area contributed by atoms with Crippen molar-refractivity contribution in [3.05, 3.63) is 66.2 Å². The molecule has 5 nitrogen and oxygen atoms in total. The Morgan fingerprint density at radius 2 is 1.60 bits per heavy atom. The molecule has 3 aromatic carbocycles. The second kappa shape index (κ2) is 7.29. The molecule has 1 aliphatic rings. The summed E-state index contributed by atoms with van der Waals surface area (Å²) in [5, 5.41) is 7.04. The fraction of sp³-hybridized carbons (Fsp3) is 0.333. The summed E-state index contributed by atoms with van der Waals surface area (Å²) in [4.78, 5) is 5.03. The third-order valence-corrected chi connectivity index (χ3v) is 6.94. The zero-order valence-corrected chi connectivity index (χ0v) is 18.8. The van der Waals surface area contributed by atoms with Gasteiger partial charge in [0, 0.05) is 41.3 Å². The van der Waals surface area contributed by atoms with Crippen LogP contribution in [-0.4, -0.2) is 33.1 Å². The van der Waals surface area contributed by atoms with Gasteiger partial charge in [-0.2, -0.15) is 0 Å². The van der Waals surface area contributed by atoms with Crippen LogP contribution in [0.3, 0.4) is 0 Å². The lowest BCUT2D eigenvalue weighted by molar-refractivity contribution is 0.367. The van der Waals surface area contributed by atoms with Crippen LogP contribution >= 0.6 is 0 Å². The highest BCUT2D eigenvalue weighted by Gasteiger charge is 2.38. The number of sulfonamides is 1. The number of hydrogen-bond donors (Lipinski definition) is 1. The van der Waals surface area contributed by atoms with E-state index in [1.54, 1.807) is 6.07 Å². The van der Waals surface area contributed by atoms with E-state index in [0.29, 0.717) is 5.39 Å². The van der Waals surface area contributed by atoms with E-state index in [-0.39, 0.29) is 16.5 Å². The zero-order valence-electron chi connectivity index (χ0n) is 18.0. The standard InChI is InChI=1S/C24H29N3O2S/c1-17-9-11-19(12-10-17)27-18(2)15-26(16-24(27,3)4)22-13-14-23(30(25,28)29)21-8-6-5-7-20(21)22/h5-14,18H,15-16H2,1-4H3,(H2,25,28,29). The van der Waals surface area contributed by atoms with Crippen molar-refractivity contribution in [3.8, 4) is 0 Å². The molecule has 1 aliphatic heterocycles. The summed E-state index contributed by atoms with van der Waals surface area (Å²) in [6.07, 6.45) is 0. The molecule has 158 valence electrons. The first-order valence-corrected chi connectivity index (χ1v) is 11.8. The molecule has 0 bridgehead atoms. The van der Waals surface area contributed by atoms with Crippen molar-refractivity contribution in [2.45, 2.75) is 44.2 Å². The van der Waals surface area contributed by atoms with Crippen LogP contribution < -0.4 is 14.9 Å². The molecule has 0 saturated carbocycles. The van der Waals surface area contributed by atoms with Gasteiger partial charge < -0.3 is 9.80 Å². The molecule has 6 heteroatoms. The van der Waals surface area contributed by atoms with Gasteiger partial charge in [-0.15, -0.1) is 0 Å². The normalized spacial score (nSPS) is 19.3. The fourth-order valence-corrected chi connectivity index (χ4v) is 5.62. The summed E-state index contributed by atoms with van der Waals surface area (Å²) in [7, 11) is -3.79. The highest BCUT2D eigenvalue weighted by molar-refractivity contribution is 7.89. The summed E-state index contributed by atoms with van der Waals surface area (Å²) < 4.78 is 24.1. The molecule has 1 saturated heterocycles. The molecule has 0 aliphatic carbocycles. The van der Waals surface area contributed by atoms with Crippen molar-refractivity contribution in [2.24, 2.45) is 5.14 Å². The second-order valence-electron chi connectivity index (χ2n) is 8.92. The van der Waals surface area contributed by atoms with E-state index in [0.717, 1.165) is 24.2 Å². The van der Waals surface area contributed by atoms with E-state index < -0.39 is 10.0 Å². The average Bonchev–Trinajstić information content (AvgIpc) is 2.66. The number of hydrogen-bond acceptors (Lipinski definition) is 4. The van der Waals surface area contributed by atoms with Gasteiger partial charge in [0.15, 0.2) is 0 Å². The molecular weight excluding hydrogens is 394 g/mol. The van der Waals surface area contributed by atoms with Crippen molar-refractivity contribution in [3.63, 3.8) is 0 Å². The van der Waals surface area contributed by atoms with Gasteiger partial charge in [0.05, 0.1) is 10.4 Å². The highest BCUT2D eigenvalue weighted by Crippen LogP contribution is 2.37. The maximum atomic E-state index is 12.1. The largest absolute Gasteiger partial charge is 0.367 e. The van der Waals surface area contributed by atoms with Crippen molar-refractivity contribution in [1.82, 2.24) is 0 Å². The minimum atomic E-state index is -3.79. The van der Waals surface area contributed by atoms with Gasteiger partial charge in [-0.1, -0.05) is 42.0 Å². The summed E-state index contributed by atoms with van der Waals surface area (Å²) in [5.41, 5.74) is 3.42. The molecule has 4 rings (SSSR count). The van der Waals surface area contributed by atoms with E-state index >= 15 is 0 Å². The van der Waals surface area contributed by atoms with Gasteiger partial charge in [-0.05, 0) is 52.0 Å². The highest BCUT2D eigenvalue weighted by atomic mass is 32.2. The topological polar surface area (TPSA) is 66.6 Å². The van der Waals surface area contributed by atoms with Crippen LogP contribution in [0.5, 0.6) is 0 Å². The summed E-state index contributed by atoms with van der Waals surface area (Å²) in [5.74, 6) is 0. The summed E-state index contributed by atoms with van der Waals surface area (Å²) in [6, 6.07) is 20.1. The number of benzene rings is 3. The van der Waals surface area contributed by atoms with Crippen LogP contribution in [0.4, 0.5) is 11.4 Å². The van der Waals surface area contributed by atoms with E-state index in [1.165, 1.54) is 11.3 Å². The third kappa shape index (κ3) is 3.66. The lowest BCUT2D eigenvalue weighted by atomic mass is 9.93. The predicted molar refractivity (Wildman–Crippen MR) is 125 cm³/mol. The van der Waals surface area contributed by atoms with Crippen LogP contribution in [0.25, 0.3) is 10.8 Å². The first-order chi connectivity index (χ1) is 14.1. The van der Waals surface area contributed by atoms with Crippen molar-refractivity contribution in [2.75, 3.05) is 22.9 Å². The minimum absolute atomic E-state index is 0.105. The number of aryl methyl sites for hydroxylation is 1. The number of nitrogens with zero attached hydrogens (tertiary/aromatic N) is 2. The van der Waals surface area contributed by atoms with E-state index in [2.05, 4.69) is 61.8 Å². The van der Waals surface area contributed by atoms with Crippen molar-refractivity contribution < 1.29 is 8.42 Å². The average molecular weight is 424 g/mol. The second-order valence-corrected chi connectivity index (χ2v) is 10.5. The number of primary sulfonamides is 1. The molecule has 1 heterocycles. The van der Waals surface area contributed by atoms with Crippen molar-refractivity contribution in [1.29, 1.82) is 0 Å². The Hall–Kier alpha value is -2.57. The molecule has 3 aromatic rings. The Morgan fingerprint density at radius 3 is 2.20 bits per heavy atom. The maximum Gasteiger partial charge on any atom is 0.238 e. The molecule has 2 N–H and O–H groups in total. The van der Waals surface area contributed by atoms with Gasteiger partial charge in [0.2, 0.25) is 10.0 Å². The number of fused-ring (bicyclic) bond motifs is 1. The monoisotopic (exact) mass is 423 g/mol. The third-order valence-electron chi connectivity index (χ3n) is 5.98. The quantitative estimate of drug-likeness (QED) is 0.682. The molecule has 30 heavy (non-hydrogen) atoms. The van der Waals surface area contributed by atoms with E-state index in [9.17, 15) is 8.42 Å². The zero-order chi connectivity index (χ0) is 21.7. The van der Waals surface area contributed by atoms with Gasteiger partial charge in [-0.3, -0.25) is 0 Å². The number of rotatable bonds is 3. The molecule has 0 spiro atoms. The molecule has 1 fully saturated rings. The molecule has 0 aromatic heterocycles. The minimum Gasteiger partial charge on any atom is -0.367 e. The van der Waals surface area contributed by atoms with Crippen LogP contribution in [0, 0.1) is 6.92 Å². The van der Waals surface area contributed by atoms with Crippen molar-refractivity contribution >= 4 is 32.2 Å². The maximum absolute atomic E-state index is 12.1. The van der Waals surface area contributed by atoms with Crippen LogP contribution in [0.15, 0.2) is 65.6 Å². The molecule has 1 unspecified atom stereocenters. The first-order valence-electron chi connectivity index (χ1n) is 10.2. The Bertz CT molecular complexity index is 1190. The lowest BCUT2D eigenvalue weighted by Crippen LogP contribution is -2.63. The number of anilines is 2. The predicted octanol–water partition coefficient (Wildman–Crippen LogP) is 4.29. The smallest absolute Gasteiger partial charge is 0.238 e.